The third kappa shape index (κ3) is 2.52. The third-order valence-corrected chi connectivity index (χ3v) is 4.08. The summed E-state index contributed by atoms with van der Waals surface area (Å²) in [6, 6.07) is 1.51. The van der Waals surface area contributed by atoms with Crippen LogP contribution in [-0.2, 0) is 0 Å². The summed E-state index contributed by atoms with van der Waals surface area (Å²) in [5, 5.41) is 3.61. The van der Waals surface area contributed by atoms with Gasteiger partial charge in [0.2, 0.25) is 0 Å². The molecule has 2 fully saturated rings. The predicted molar refractivity (Wildman–Crippen MR) is 64.2 cm³/mol. The number of nitrogens with zero attached hydrogens (tertiary/aromatic N) is 2. The summed E-state index contributed by atoms with van der Waals surface area (Å²) in [6.45, 7) is 8.28. The van der Waals surface area contributed by atoms with Crippen LogP contribution in [0.3, 0.4) is 0 Å². The molecule has 0 bridgehead atoms. The van der Waals surface area contributed by atoms with Crippen LogP contribution in [0.25, 0.3) is 0 Å². The zero-order valence-electron chi connectivity index (χ0n) is 10.6. The van der Waals surface area contributed by atoms with Gasteiger partial charge in [0, 0.05) is 30.7 Å². The fourth-order valence-corrected chi connectivity index (χ4v) is 2.96. The molecule has 1 N–H and O–H groups in total. The second kappa shape index (κ2) is 4.04. The maximum atomic E-state index is 3.61. The maximum absolute atomic E-state index is 3.61. The molecule has 2 atom stereocenters. The van der Waals surface area contributed by atoms with Crippen molar-refractivity contribution in [3.63, 3.8) is 0 Å². The summed E-state index contributed by atoms with van der Waals surface area (Å²) < 4.78 is 0. The van der Waals surface area contributed by atoms with E-state index in [1.165, 1.54) is 25.9 Å². The Balaban J connectivity index is 1.89. The van der Waals surface area contributed by atoms with Gasteiger partial charge in [-0.15, -0.1) is 0 Å². The zero-order valence-corrected chi connectivity index (χ0v) is 10.6. The lowest BCUT2D eigenvalue weighted by Gasteiger charge is -2.30. The minimum atomic E-state index is 0.337. The van der Waals surface area contributed by atoms with Crippen LogP contribution in [0, 0.1) is 0 Å². The van der Waals surface area contributed by atoms with Crippen LogP contribution in [0.15, 0.2) is 0 Å². The molecular weight excluding hydrogens is 186 g/mol. The Morgan fingerprint density at radius 3 is 2.53 bits per heavy atom. The molecule has 0 radical (unpaired) electrons. The Morgan fingerprint density at radius 1 is 1.33 bits per heavy atom. The minimum absolute atomic E-state index is 0.337. The zero-order chi connectivity index (χ0) is 11.1. The van der Waals surface area contributed by atoms with Crippen LogP contribution >= 0.6 is 0 Å². The molecule has 0 aromatic carbocycles. The van der Waals surface area contributed by atoms with Crippen molar-refractivity contribution in [3.8, 4) is 0 Å². The Kier molecular flexibility index (Phi) is 3.06. The van der Waals surface area contributed by atoms with Crippen LogP contribution in [0.4, 0.5) is 0 Å². The van der Waals surface area contributed by atoms with Gasteiger partial charge in [-0.1, -0.05) is 0 Å². The summed E-state index contributed by atoms with van der Waals surface area (Å²) in [5.41, 5.74) is 0.337. The molecule has 0 aromatic heterocycles. The first-order chi connectivity index (χ1) is 6.98. The lowest BCUT2D eigenvalue weighted by Crippen LogP contribution is -2.42. The smallest absolute Gasteiger partial charge is 0.0238 e. The molecule has 2 aliphatic rings. The highest BCUT2D eigenvalue weighted by atomic mass is 15.3. The van der Waals surface area contributed by atoms with E-state index in [2.05, 4.69) is 43.1 Å². The van der Waals surface area contributed by atoms with E-state index in [4.69, 9.17) is 0 Å². The van der Waals surface area contributed by atoms with Crippen molar-refractivity contribution in [2.45, 2.75) is 44.3 Å². The summed E-state index contributed by atoms with van der Waals surface area (Å²) >= 11 is 0. The van der Waals surface area contributed by atoms with E-state index in [1.54, 1.807) is 0 Å². The molecule has 0 aliphatic carbocycles. The van der Waals surface area contributed by atoms with Gasteiger partial charge < -0.3 is 10.2 Å². The Bertz CT molecular complexity index is 227. The van der Waals surface area contributed by atoms with Gasteiger partial charge in [-0.3, -0.25) is 4.90 Å². The largest absolute Gasteiger partial charge is 0.310 e. The number of rotatable bonds is 2. The quantitative estimate of drug-likeness (QED) is 0.727. The third-order valence-electron chi connectivity index (χ3n) is 4.08. The molecule has 2 unspecified atom stereocenters. The van der Waals surface area contributed by atoms with Crippen molar-refractivity contribution in [2.24, 2.45) is 0 Å². The first-order valence-corrected chi connectivity index (χ1v) is 6.13. The van der Waals surface area contributed by atoms with Crippen molar-refractivity contribution in [1.82, 2.24) is 15.1 Å². The molecule has 2 aliphatic heterocycles. The second-order valence-corrected chi connectivity index (χ2v) is 5.99. The topological polar surface area (TPSA) is 18.5 Å². The monoisotopic (exact) mass is 211 g/mol. The van der Waals surface area contributed by atoms with Gasteiger partial charge in [0.25, 0.3) is 0 Å². The lowest BCUT2D eigenvalue weighted by molar-refractivity contribution is 0.180. The summed E-state index contributed by atoms with van der Waals surface area (Å²) in [7, 11) is 4.53. The first-order valence-electron chi connectivity index (χ1n) is 6.13. The molecule has 3 heteroatoms. The normalized spacial score (nSPS) is 36.6. The van der Waals surface area contributed by atoms with Crippen molar-refractivity contribution in [1.29, 1.82) is 0 Å². The van der Waals surface area contributed by atoms with Crippen molar-refractivity contribution in [2.75, 3.05) is 33.7 Å². The molecule has 3 nitrogen and oxygen atoms in total. The van der Waals surface area contributed by atoms with Crippen LogP contribution in [-0.4, -0.2) is 61.2 Å². The van der Waals surface area contributed by atoms with E-state index in [-0.39, 0.29) is 0 Å². The maximum Gasteiger partial charge on any atom is 0.0238 e. The van der Waals surface area contributed by atoms with Crippen molar-refractivity contribution < 1.29 is 0 Å². The number of hydrogen-bond donors (Lipinski definition) is 1. The standard InChI is InChI=1S/C12H25N3/c1-12(2)7-11(8-13-12)15(4)10-5-6-14(3)9-10/h10-11,13H,5-9H2,1-4H3. The molecule has 2 saturated heterocycles. The molecule has 0 amide bonds. The summed E-state index contributed by atoms with van der Waals surface area (Å²) in [6.07, 6.45) is 2.62. The second-order valence-electron chi connectivity index (χ2n) is 5.99. The highest BCUT2D eigenvalue weighted by Gasteiger charge is 2.36. The molecular formula is C12H25N3. The molecule has 15 heavy (non-hydrogen) atoms. The van der Waals surface area contributed by atoms with Gasteiger partial charge in [-0.2, -0.15) is 0 Å². The van der Waals surface area contributed by atoms with Crippen molar-refractivity contribution in [3.05, 3.63) is 0 Å². The van der Waals surface area contributed by atoms with Crippen LogP contribution < -0.4 is 5.32 Å². The van der Waals surface area contributed by atoms with Gasteiger partial charge in [0.1, 0.15) is 0 Å². The van der Waals surface area contributed by atoms with E-state index in [0.29, 0.717) is 5.54 Å². The Labute approximate surface area is 93.8 Å². The van der Waals surface area contributed by atoms with Gasteiger partial charge in [0.15, 0.2) is 0 Å². The fourth-order valence-electron chi connectivity index (χ4n) is 2.96. The number of likely N-dealkylation sites (tertiary alicyclic amines) is 1. The minimum Gasteiger partial charge on any atom is -0.310 e. The molecule has 2 rings (SSSR count). The first kappa shape index (κ1) is 11.4. The predicted octanol–water partition coefficient (Wildman–Crippen LogP) is 0.763. The van der Waals surface area contributed by atoms with Crippen molar-refractivity contribution >= 4 is 0 Å². The van der Waals surface area contributed by atoms with Crippen LogP contribution in [0.1, 0.15) is 26.7 Å². The van der Waals surface area contributed by atoms with Gasteiger partial charge >= 0.3 is 0 Å². The molecule has 0 aromatic rings. The molecule has 2 heterocycles. The Hall–Kier alpha value is -0.120. The SMILES string of the molecule is CN1CCC(N(C)C2CNC(C)(C)C2)C1. The summed E-state index contributed by atoms with van der Waals surface area (Å²) in [4.78, 5) is 5.04. The van der Waals surface area contributed by atoms with E-state index < -0.39 is 0 Å². The van der Waals surface area contributed by atoms with Crippen LogP contribution in [0.2, 0.25) is 0 Å². The van der Waals surface area contributed by atoms with E-state index in [9.17, 15) is 0 Å². The highest BCUT2D eigenvalue weighted by Crippen LogP contribution is 2.24. The average Bonchev–Trinajstić information content (AvgIpc) is 2.71. The number of hydrogen-bond acceptors (Lipinski definition) is 3. The van der Waals surface area contributed by atoms with Gasteiger partial charge in [-0.05, 0) is 47.3 Å². The van der Waals surface area contributed by atoms with E-state index >= 15 is 0 Å². The van der Waals surface area contributed by atoms with Crippen LogP contribution in [0.5, 0.6) is 0 Å². The Morgan fingerprint density at radius 2 is 2.07 bits per heavy atom. The van der Waals surface area contributed by atoms with E-state index in [1.807, 2.05) is 0 Å². The average molecular weight is 211 g/mol. The molecule has 0 spiro atoms. The van der Waals surface area contributed by atoms with Gasteiger partial charge in [-0.25, -0.2) is 0 Å². The van der Waals surface area contributed by atoms with Gasteiger partial charge in [0.05, 0.1) is 0 Å². The molecule has 88 valence electrons. The number of nitrogens with one attached hydrogen (secondary N) is 1. The lowest BCUT2D eigenvalue weighted by atomic mass is 10.00. The summed E-state index contributed by atoms with van der Waals surface area (Å²) in [5.74, 6) is 0. The highest BCUT2D eigenvalue weighted by molar-refractivity contribution is 4.96. The fraction of sp³-hybridized carbons (Fsp3) is 1.00. The molecule has 0 saturated carbocycles. The van der Waals surface area contributed by atoms with E-state index in [0.717, 1.165) is 18.6 Å². The number of likely N-dealkylation sites (N-methyl/N-ethyl adjacent to an activating group) is 2.